The minimum atomic E-state index is 0.570. The molecule has 0 aromatic carbocycles. The third-order valence-electron chi connectivity index (χ3n) is 5.02. The summed E-state index contributed by atoms with van der Waals surface area (Å²) in [5.74, 6) is 1.80. The first-order chi connectivity index (χ1) is 13.6. The molecule has 8 nitrogen and oxygen atoms in total. The van der Waals surface area contributed by atoms with E-state index in [0.717, 1.165) is 55.9 Å². The Balaban J connectivity index is 1.71. The maximum atomic E-state index is 5.46. The van der Waals surface area contributed by atoms with Crippen molar-refractivity contribution in [2.45, 2.75) is 33.9 Å². The first-order valence-electron chi connectivity index (χ1n) is 9.88. The van der Waals surface area contributed by atoms with Crippen LogP contribution >= 0.6 is 0 Å². The van der Waals surface area contributed by atoms with Crippen molar-refractivity contribution in [2.24, 2.45) is 12.0 Å². The topological polar surface area (TPSA) is 79.6 Å². The molecule has 3 heterocycles. The number of nitrogens with one attached hydrogen (secondary N) is 2. The number of aryl methyl sites for hydroxylation is 2. The highest BCUT2D eigenvalue weighted by atomic mass is 16.5. The van der Waals surface area contributed by atoms with Crippen LogP contribution in [0.15, 0.2) is 23.3 Å². The van der Waals surface area contributed by atoms with E-state index in [0.29, 0.717) is 13.1 Å². The summed E-state index contributed by atoms with van der Waals surface area (Å²) in [4.78, 5) is 11.7. The summed E-state index contributed by atoms with van der Waals surface area (Å²) in [6.45, 7) is 11.5. The number of rotatable bonds is 6. The number of nitrogens with zero attached hydrogens (tertiary/aromatic N) is 5. The van der Waals surface area contributed by atoms with E-state index in [1.54, 1.807) is 0 Å². The lowest BCUT2D eigenvalue weighted by molar-refractivity contribution is 0.122. The molecule has 28 heavy (non-hydrogen) atoms. The SMILES string of the molecule is CCNC(=NCc1cccnc1N1CCOCC1)NCc1c(C)nn(C)c1C. The summed E-state index contributed by atoms with van der Waals surface area (Å²) in [6.07, 6.45) is 1.84. The Morgan fingerprint density at radius 2 is 2.04 bits per heavy atom. The quantitative estimate of drug-likeness (QED) is 0.580. The number of pyridine rings is 1. The van der Waals surface area contributed by atoms with E-state index in [-0.39, 0.29) is 0 Å². The van der Waals surface area contributed by atoms with Crippen LogP contribution in [0.25, 0.3) is 0 Å². The van der Waals surface area contributed by atoms with Gasteiger partial charge < -0.3 is 20.3 Å². The minimum Gasteiger partial charge on any atom is -0.378 e. The van der Waals surface area contributed by atoms with Gasteiger partial charge >= 0.3 is 0 Å². The molecule has 2 aromatic heterocycles. The van der Waals surface area contributed by atoms with Gasteiger partial charge in [0.15, 0.2) is 5.96 Å². The summed E-state index contributed by atoms with van der Waals surface area (Å²) in [6, 6.07) is 4.07. The number of anilines is 1. The van der Waals surface area contributed by atoms with Crippen molar-refractivity contribution < 1.29 is 4.74 Å². The zero-order chi connectivity index (χ0) is 19.9. The normalized spacial score (nSPS) is 15.0. The van der Waals surface area contributed by atoms with Gasteiger partial charge in [0.1, 0.15) is 5.82 Å². The number of guanidine groups is 1. The predicted molar refractivity (Wildman–Crippen MR) is 112 cm³/mol. The van der Waals surface area contributed by atoms with E-state index < -0.39 is 0 Å². The maximum absolute atomic E-state index is 5.46. The van der Waals surface area contributed by atoms with Crippen LogP contribution in [0, 0.1) is 13.8 Å². The Morgan fingerprint density at radius 3 is 2.71 bits per heavy atom. The Kier molecular flexibility index (Phi) is 6.86. The van der Waals surface area contributed by atoms with E-state index in [9.17, 15) is 0 Å². The van der Waals surface area contributed by atoms with E-state index in [4.69, 9.17) is 9.73 Å². The lowest BCUT2D eigenvalue weighted by Gasteiger charge is -2.29. The zero-order valence-corrected chi connectivity index (χ0v) is 17.3. The van der Waals surface area contributed by atoms with Gasteiger partial charge in [-0.05, 0) is 26.8 Å². The van der Waals surface area contributed by atoms with Crippen molar-refractivity contribution in [2.75, 3.05) is 37.7 Å². The van der Waals surface area contributed by atoms with Gasteiger partial charge in [0, 0.05) is 56.2 Å². The Bertz CT molecular complexity index is 809. The molecule has 2 aromatic rings. The summed E-state index contributed by atoms with van der Waals surface area (Å²) < 4.78 is 7.38. The fraction of sp³-hybridized carbons (Fsp3) is 0.550. The van der Waals surface area contributed by atoms with Crippen molar-refractivity contribution in [3.63, 3.8) is 0 Å². The van der Waals surface area contributed by atoms with Crippen LogP contribution in [-0.2, 0) is 24.9 Å². The van der Waals surface area contributed by atoms with Gasteiger partial charge in [-0.25, -0.2) is 9.98 Å². The average molecular weight is 386 g/mol. The molecule has 2 N–H and O–H groups in total. The molecular formula is C20H31N7O. The number of hydrogen-bond donors (Lipinski definition) is 2. The minimum absolute atomic E-state index is 0.570. The molecule has 0 amide bonds. The van der Waals surface area contributed by atoms with Crippen LogP contribution in [0.3, 0.4) is 0 Å². The van der Waals surface area contributed by atoms with Gasteiger partial charge in [0.2, 0.25) is 0 Å². The van der Waals surface area contributed by atoms with Gasteiger partial charge in [-0.15, -0.1) is 0 Å². The molecule has 0 spiro atoms. The molecular weight excluding hydrogens is 354 g/mol. The third-order valence-corrected chi connectivity index (χ3v) is 5.02. The molecule has 152 valence electrons. The second kappa shape index (κ2) is 9.54. The largest absolute Gasteiger partial charge is 0.378 e. The monoisotopic (exact) mass is 385 g/mol. The third kappa shape index (κ3) is 4.81. The van der Waals surface area contributed by atoms with E-state index in [1.807, 2.05) is 30.9 Å². The molecule has 1 saturated heterocycles. The second-order valence-corrected chi connectivity index (χ2v) is 6.91. The highest BCUT2D eigenvalue weighted by Gasteiger charge is 2.16. The average Bonchev–Trinajstić information content (AvgIpc) is 2.96. The van der Waals surface area contributed by atoms with Crippen molar-refractivity contribution in [1.82, 2.24) is 25.4 Å². The standard InChI is InChI=1S/C20H31N7O/c1-5-21-20(24-14-18-15(2)25-26(4)16(18)3)23-13-17-7-6-8-22-19(17)27-9-11-28-12-10-27/h6-8H,5,9-14H2,1-4H3,(H2,21,23,24). The molecule has 0 radical (unpaired) electrons. The molecule has 0 unspecified atom stereocenters. The van der Waals surface area contributed by atoms with Gasteiger partial charge in [-0.1, -0.05) is 6.07 Å². The van der Waals surface area contributed by atoms with Crippen LogP contribution in [0.5, 0.6) is 0 Å². The van der Waals surface area contributed by atoms with Crippen LogP contribution in [0.1, 0.15) is 29.4 Å². The fourth-order valence-electron chi connectivity index (χ4n) is 3.36. The van der Waals surface area contributed by atoms with E-state index in [2.05, 4.69) is 45.5 Å². The van der Waals surface area contributed by atoms with Crippen LogP contribution < -0.4 is 15.5 Å². The predicted octanol–water partition coefficient (Wildman–Crippen LogP) is 1.52. The van der Waals surface area contributed by atoms with Crippen molar-refractivity contribution in [3.05, 3.63) is 40.8 Å². The van der Waals surface area contributed by atoms with Crippen molar-refractivity contribution in [1.29, 1.82) is 0 Å². The summed E-state index contributed by atoms with van der Waals surface area (Å²) in [5.41, 5.74) is 4.55. The number of morpholine rings is 1. The number of ether oxygens (including phenoxy) is 1. The van der Waals surface area contributed by atoms with Crippen LogP contribution in [0.4, 0.5) is 5.82 Å². The van der Waals surface area contributed by atoms with E-state index in [1.165, 1.54) is 11.3 Å². The molecule has 0 bridgehead atoms. The number of hydrogen-bond acceptors (Lipinski definition) is 5. The highest BCUT2D eigenvalue weighted by molar-refractivity contribution is 5.79. The lowest BCUT2D eigenvalue weighted by Crippen LogP contribution is -2.38. The highest BCUT2D eigenvalue weighted by Crippen LogP contribution is 2.19. The zero-order valence-electron chi connectivity index (χ0n) is 17.3. The fourth-order valence-corrected chi connectivity index (χ4v) is 3.36. The van der Waals surface area contributed by atoms with Crippen molar-refractivity contribution in [3.8, 4) is 0 Å². The second-order valence-electron chi connectivity index (χ2n) is 6.91. The summed E-state index contributed by atoms with van der Waals surface area (Å²) >= 11 is 0. The molecule has 1 fully saturated rings. The first kappa shape index (κ1) is 20.1. The van der Waals surface area contributed by atoms with Crippen LogP contribution in [-0.4, -0.2) is 53.6 Å². The molecule has 1 aliphatic rings. The van der Waals surface area contributed by atoms with Gasteiger partial charge in [0.05, 0.1) is 25.5 Å². The molecule has 0 aliphatic carbocycles. The summed E-state index contributed by atoms with van der Waals surface area (Å²) in [7, 11) is 1.97. The Morgan fingerprint density at radius 1 is 1.25 bits per heavy atom. The smallest absolute Gasteiger partial charge is 0.191 e. The van der Waals surface area contributed by atoms with Crippen LogP contribution in [0.2, 0.25) is 0 Å². The molecule has 1 aliphatic heterocycles. The van der Waals surface area contributed by atoms with Gasteiger partial charge in [-0.2, -0.15) is 5.10 Å². The summed E-state index contributed by atoms with van der Waals surface area (Å²) in [5, 5.41) is 11.2. The Labute approximate surface area is 167 Å². The molecule has 0 saturated carbocycles. The first-order valence-corrected chi connectivity index (χ1v) is 9.88. The Hall–Kier alpha value is -2.61. The number of aromatic nitrogens is 3. The van der Waals surface area contributed by atoms with Gasteiger partial charge in [-0.3, -0.25) is 4.68 Å². The lowest BCUT2D eigenvalue weighted by atomic mass is 10.2. The van der Waals surface area contributed by atoms with Crippen molar-refractivity contribution >= 4 is 11.8 Å². The van der Waals surface area contributed by atoms with Gasteiger partial charge in [0.25, 0.3) is 0 Å². The maximum Gasteiger partial charge on any atom is 0.191 e. The number of aliphatic imine (C=N–C) groups is 1. The molecule has 8 heteroatoms. The molecule has 0 atom stereocenters. The molecule has 3 rings (SSSR count). The van der Waals surface area contributed by atoms with E-state index >= 15 is 0 Å².